The third-order valence-corrected chi connectivity index (χ3v) is 4.50. The van der Waals surface area contributed by atoms with Crippen molar-refractivity contribution in [2.45, 2.75) is 25.7 Å². The van der Waals surface area contributed by atoms with Gasteiger partial charge in [0, 0.05) is 36.0 Å². The Bertz CT molecular complexity index is 193. The molecule has 1 atom stereocenters. The standard InChI is InChI=1S/C10H21NO2S/c1-13-7-2-8-14(12)9-10(3-4-10)5-6-11/h2-9,11H2,1H3. The molecule has 0 heterocycles. The molecule has 0 bridgehead atoms. The molecule has 4 heteroatoms. The summed E-state index contributed by atoms with van der Waals surface area (Å²) in [6.45, 7) is 1.45. The first kappa shape index (κ1) is 12.1. The Morgan fingerprint density at radius 1 is 1.50 bits per heavy atom. The van der Waals surface area contributed by atoms with Gasteiger partial charge in [-0.1, -0.05) is 0 Å². The van der Waals surface area contributed by atoms with Gasteiger partial charge < -0.3 is 10.5 Å². The molecule has 1 fully saturated rings. The highest BCUT2D eigenvalue weighted by Crippen LogP contribution is 2.49. The van der Waals surface area contributed by atoms with Crippen molar-refractivity contribution < 1.29 is 8.95 Å². The smallest absolute Gasteiger partial charge is 0.0471 e. The van der Waals surface area contributed by atoms with Crippen LogP contribution < -0.4 is 5.73 Å². The summed E-state index contributed by atoms with van der Waals surface area (Å²) >= 11 is 0. The normalized spacial score (nSPS) is 20.7. The van der Waals surface area contributed by atoms with Crippen LogP contribution in [0.3, 0.4) is 0 Å². The van der Waals surface area contributed by atoms with Gasteiger partial charge in [0.25, 0.3) is 0 Å². The first-order valence-corrected chi connectivity index (χ1v) is 6.75. The van der Waals surface area contributed by atoms with E-state index in [1.165, 1.54) is 12.8 Å². The van der Waals surface area contributed by atoms with Gasteiger partial charge in [-0.25, -0.2) is 0 Å². The fourth-order valence-electron chi connectivity index (χ4n) is 1.73. The highest BCUT2D eigenvalue weighted by Gasteiger charge is 2.42. The number of hydrogen-bond acceptors (Lipinski definition) is 3. The molecule has 0 spiro atoms. The summed E-state index contributed by atoms with van der Waals surface area (Å²) in [6.07, 6.45) is 4.39. The average molecular weight is 219 g/mol. The maximum Gasteiger partial charge on any atom is 0.0471 e. The van der Waals surface area contributed by atoms with Gasteiger partial charge in [-0.05, 0) is 37.6 Å². The van der Waals surface area contributed by atoms with E-state index in [0.717, 1.165) is 37.5 Å². The third-order valence-electron chi connectivity index (χ3n) is 2.82. The molecule has 0 aromatic carbocycles. The minimum atomic E-state index is -0.665. The molecule has 0 aliphatic heterocycles. The Morgan fingerprint density at radius 2 is 2.21 bits per heavy atom. The van der Waals surface area contributed by atoms with Crippen LogP contribution in [-0.2, 0) is 15.5 Å². The molecule has 1 rings (SSSR count). The van der Waals surface area contributed by atoms with Crippen LogP contribution in [0.4, 0.5) is 0 Å². The van der Waals surface area contributed by atoms with Crippen molar-refractivity contribution in [3.8, 4) is 0 Å². The van der Waals surface area contributed by atoms with Crippen molar-refractivity contribution in [2.24, 2.45) is 11.1 Å². The molecular formula is C10H21NO2S. The van der Waals surface area contributed by atoms with E-state index in [1.807, 2.05) is 0 Å². The molecular weight excluding hydrogens is 198 g/mol. The zero-order valence-electron chi connectivity index (χ0n) is 8.96. The molecule has 0 aromatic heterocycles. The van der Waals surface area contributed by atoms with Crippen LogP contribution in [0.5, 0.6) is 0 Å². The van der Waals surface area contributed by atoms with Crippen molar-refractivity contribution in [3.05, 3.63) is 0 Å². The minimum Gasteiger partial charge on any atom is -0.385 e. The van der Waals surface area contributed by atoms with Crippen molar-refractivity contribution in [1.29, 1.82) is 0 Å². The fraction of sp³-hybridized carbons (Fsp3) is 1.00. The molecule has 3 nitrogen and oxygen atoms in total. The zero-order chi connectivity index (χ0) is 10.4. The van der Waals surface area contributed by atoms with E-state index < -0.39 is 10.8 Å². The summed E-state index contributed by atoms with van der Waals surface area (Å²) in [7, 11) is 1.01. The first-order chi connectivity index (χ1) is 6.72. The van der Waals surface area contributed by atoms with Crippen molar-refractivity contribution in [2.75, 3.05) is 31.8 Å². The number of hydrogen-bond donors (Lipinski definition) is 1. The van der Waals surface area contributed by atoms with Gasteiger partial charge in [-0.15, -0.1) is 0 Å². The van der Waals surface area contributed by atoms with Crippen molar-refractivity contribution in [3.63, 3.8) is 0 Å². The minimum absolute atomic E-state index is 0.354. The van der Waals surface area contributed by atoms with Gasteiger partial charge >= 0.3 is 0 Å². The van der Waals surface area contributed by atoms with Gasteiger partial charge in [0.15, 0.2) is 0 Å². The largest absolute Gasteiger partial charge is 0.385 e. The monoisotopic (exact) mass is 219 g/mol. The van der Waals surface area contributed by atoms with Gasteiger partial charge in [-0.2, -0.15) is 0 Å². The third kappa shape index (κ3) is 4.07. The molecule has 0 saturated heterocycles. The zero-order valence-corrected chi connectivity index (χ0v) is 9.78. The summed E-state index contributed by atoms with van der Waals surface area (Å²) < 4.78 is 16.6. The highest BCUT2D eigenvalue weighted by molar-refractivity contribution is 7.85. The second-order valence-electron chi connectivity index (χ2n) is 4.17. The SMILES string of the molecule is COCCCS(=O)CC1(CCN)CC1. The highest BCUT2D eigenvalue weighted by atomic mass is 32.2. The Labute approximate surface area is 88.8 Å². The van der Waals surface area contributed by atoms with E-state index in [-0.39, 0.29) is 0 Å². The van der Waals surface area contributed by atoms with Crippen LogP contribution >= 0.6 is 0 Å². The molecule has 84 valence electrons. The van der Waals surface area contributed by atoms with Crippen LogP contribution in [0.15, 0.2) is 0 Å². The molecule has 1 unspecified atom stereocenters. The average Bonchev–Trinajstić information content (AvgIpc) is 2.86. The molecule has 0 amide bonds. The van der Waals surface area contributed by atoms with E-state index in [4.69, 9.17) is 10.5 Å². The van der Waals surface area contributed by atoms with E-state index in [0.29, 0.717) is 5.41 Å². The van der Waals surface area contributed by atoms with Crippen molar-refractivity contribution >= 4 is 10.8 Å². The van der Waals surface area contributed by atoms with E-state index >= 15 is 0 Å². The lowest BCUT2D eigenvalue weighted by Crippen LogP contribution is -2.18. The Hall–Kier alpha value is 0.0700. The summed E-state index contributed by atoms with van der Waals surface area (Å²) in [5.74, 6) is 1.63. The summed E-state index contributed by atoms with van der Waals surface area (Å²) in [5, 5.41) is 0. The molecule has 0 radical (unpaired) electrons. The predicted octanol–water partition coefficient (Wildman–Crippen LogP) is 0.901. The first-order valence-electron chi connectivity index (χ1n) is 5.26. The lowest BCUT2D eigenvalue weighted by atomic mass is 10.1. The predicted molar refractivity (Wildman–Crippen MR) is 59.7 cm³/mol. The second-order valence-corrected chi connectivity index (χ2v) is 5.75. The van der Waals surface area contributed by atoms with E-state index in [2.05, 4.69) is 0 Å². The maximum absolute atomic E-state index is 11.7. The molecule has 1 aliphatic rings. The Morgan fingerprint density at radius 3 is 2.71 bits per heavy atom. The van der Waals surface area contributed by atoms with Crippen molar-refractivity contribution in [1.82, 2.24) is 0 Å². The van der Waals surface area contributed by atoms with Gasteiger partial charge in [0.05, 0.1) is 0 Å². The number of rotatable bonds is 8. The quantitative estimate of drug-likeness (QED) is 0.617. The molecule has 14 heavy (non-hydrogen) atoms. The fourth-order valence-corrected chi connectivity index (χ4v) is 3.43. The van der Waals surface area contributed by atoms with Crippen LogP contribution in [0.1, 0.15) is 25.7 Å². The lowest BCUT2D eigenvalue weighted by molar-refractivity contribution is 0.200. The maximum atomic E-state index is 11.7. The number of ether oxygens (including phenoxy) is 1. The second kappa shape index (κ2) is 5.83. The number of nitrogens with two attached hydrogens (primary N) is 1. The summed E-state index contributed by atoms with van der Waals surface area (Å²) in [6, 6.07) is 0. The van der Waals surface area contributed by atoms with Crippen LogP contribution in [0, 0.1) is 5.41 Å². The van der Waals surface area contributed by atoms with E-state index in [1.54, 1.807) is 7.11 Å². The molecule has 0 aromatic rings. The van der Waals surface area contributed by atoms with Gasteiger partial charge in [0.1, 0.15) is 0 Å². The molecule has 2 N–H and O–H groups in total. The van der Waals surface area contributed by atoms with E-state index in [9.17, 15) is 4.21 Å². The summed E-state index contributed by atoms with van der Waals surface area (Å²) in [4.78, 5) is 0. The Kier molecular flexibility index (Phi) is 5.06. The Balaban J connectivity index is 2.13. The summed E-state index contributed by atoms with van der Waals surface area (Å²) in [5.41, 5.74) is 5.89. The van der Waals surface area contributed by atoms with Crippen LogP contribution in [0.2, 0.25) is 0 Å². The van der Waals surface area contributed by atoms with Crippen LogP contribution in [0.25, 0.3) is 0 Å². The van der Waals surface area contributed by atoms with Gasteiger partial charge in [-0.3, -0.25) is 4.21 Å². The lowest BCUT2D eigenvalue weighted by Gasteiger charge is -2.12. The van der Waals surface area contributed by atoms with Crippen LogP contribution in [-0.4, -0.2) is 36.0 Å². The molecule has 1 saturated carbocycles. The number of methoxy groups -OCH3 is 1. The van der Waals surface area contributed by atoms with Gasteiger partial charge in [0.2, 0.25) is 0 Å². The topological polar surface area (TPSA) is 52.3 Å². The molecule has 1 aliphatic carbocycles.